The highest BCUT2D eigenvalue weighted by Gasteiger charge is 2.15. The smallest absolute Gasteiger partial charge is 0.348 e. The first-order chi connectivity index (χ1) is 13.0. The molecule has 0 aliphatic rings. The van der Waals surface area contributed by atoms with Crippen LogP contribution in [0.2, 0.25) is 0 Å². The number of nitriles is 1. The summed E-state index contributed by atoms with van der Waals surface area (Å²) in [6.07, 6.45) is 1.33. The molecule has 0 bridgehead atoms. The minimum absolute atomic E-state index is 0.0510. The molecule has 0 aromatic heterocycles. The van der Waals surface area contributed by atoms with Crippen molar-refractivity contribution >= 4 is 18.0 Å². The minimum atomic E-state index is -0.750. The molecular formula is C20H16FNO5. The van der Waals surface area contributed by atoms with Crippen LogP contribution in [0.3, 0.4) is 0 Å². The fraction of sp³-hybridized carbons (Fsp3) is 0.150. The molecule has 0 unspecified atom stereocenters. The minimum Gasteiger partial charge on any atom is -0.493 e. The van der Waals surface area contributed by atoms with Crippen molar-refractivity contribution in [2.75, 3.05) is 13.7 Å². The van der Waals surface area contributed by atoms with Gasteiger partial charge in [0.1, 0.15) is 17.5 Å². The van der Waals surface area contributed by atoms with E-state index in [2.05, 4.69) is 0 Å². The van der Waals surface area contributed by atoms with Gasteiger partial charge in [0.05, 0.1) is 19.3 Å². The summed E-state index contributed by atoms with van der Waals surface area (Å²) in [7, 11) is 1.37. The third-order valence-electron chi connectivity index (χ3n) is 3.38. The van der Waals surface area contributed by atoms with Crippen LogP contribution < -0.4 is 9.47 Å². The second-order valence-corrected chi connectivity index (χ2v) is 5.20. The van der Waals surface area contributed by atoms with E-state index in [0.717, 1.165) is 6.07 Å². The highest BCUT2D eigenvalue weighted by atomic mass is 19.1. The number of carbonyl (C=O) groups is 2. The molecule has 0 aliphatic heterocycles. The lowest BCUT2D eigenvalue weighted by molar-refractivity contribution is -0.137. The van der Waals surface area contributed by atoms with Gasteiger partial charge >= 0.3 is 11.9 Å². The molecule has 0 spiro atoms. The average molecular weight is 369 g/mol. The van der Waals surface area contributed by atoms with Gasteiger partial charge in [0, 0.05) is 0 Å². The normalized spacial score (nSPS) is 10.7. The molecule has 27 heavy (non-hydrogen) atoms. The van der Waals surface area contributed by atoms with Gasteiger partial charge in [-0.15, -0.1) is 0 Å². The number of methoxy groups -OCH3 is 1. The maximum atomic E-state index is 13.2. The van der Waals surface area contributed by atoms with Crippen LogP contribution in [0.15, 0.2) is 48.0 Å². The summed E-state index contributed by atoms with van der Waals surface area (Å²) in [6, 6.07) is 11.3. The molecule has 0 N–H and O–H groups in total. The van der Waals surface area contributed by atoms with Crippen molar-refractivity contribution < 1.29 is 28.2 Å². The quantitative estimate of drug-likeness (QED) is 0.335. The molecule has 0 atom stereocenters. The Balaban J connectivity index is 2.27. The maximum Gasteiger partial charge on any atom is 0.348 e. The molecule has 7 heteroatoms. The van der Waals surface area contributed by atoms with Crippen LogP contribution in [0.5, 0.6) is 11.5 Å². The van der Waals surface area contributed by atoms with E-state index in [9.17, 15) is 14.0 Å². The third kappa shape index (κ3) is 5.16. The van der Waals surface area contributed by atoms with Crippen molar-refractivity contribution in [2.24, 2.45) is 0 Å². The number of benzene rings is 2. The number of hydrogen-bond acceptors (Lipinski definition) is 6. The van der Waals surface area contributed by atoms with Gasteiger partial charge in [-0.05, 0) is 48.9 Å². The fourth-order valence-corrected chi connectivity index (χ4v) is 2.14. The van der Waals surface area contributed by atoms with Crippen LogP contribution in [0, 0.1) is 17.1 Å². The molecule has 2 aromatic rings. The Hall–Kier alpha value is -3.66. The summed E-state index contributed by atoms with van der Waals surface area (Å²) in [5.74, 6) is -1.73. The van der Waals surface area contributed by atoms with Gasteiger partial charge in [-0.25, -0.2) is 14.0 Å². The molecule has 0 aliphatic carbocycles. The van der Waals surface area contributed by atoms with Gasteiger partial charge in [0.25, 0.3) is 0 Å². The first-order valence-electron chi connectivity index (χ1n) is 7.93. The molecule has 2 rings (SSSR count). The van der Waals surface area contributed by atoms with Crippen LogP contribution in [0.4, 0.5) is 4.39 Å². The lowest BCUT2D eigenvalue weighted by Gasteiger charge is -2.10. The van der Waals surface area contributed by atoms with Crippen molar-refractivity contribution in [3.63, 3.8) is 0 Å². The molecular weight excluding hydrogens is 353 g/mol. The van der Waals surface area contributed by atoms with Gasteiger partial charge < -0.3 is 14.2 Å². The Bertz CT molecular complexity index is 930. The number of rotatable bonds is 6. The van der Waals surface area contributed by atoms with Crippen LogP contribution in [-0.4, -0.2) is 25.7 Å². The molecule has 0 fully saturated rings. The lowest BCUT2D eigenvalue weighted by Crippen LogP contribution is -2.09. The Kier molecular flexibility index (Phi) is 6.67. The van der Waals surface area contributed by atoms with Gasteiger partial charge in [0.15, 0.2) is 11.5 Å². The largest absolute Gasteiger partial charge is 0.493 e. The van der Waals surface area contributed by atoms with Crippen LogP contribution >= 0.6 is 0 Å². The maximum absolute atomic E-state index is 13.2. The summed E-state index contributed by atoms with van der Waals surface area (Å²) in [5, 5.41) is 9.08. The van der Waals surface area contributed by atoms with E-state index < -0.39 is 17.8 Å². The number of nitrogens with zero attached hydrogens (tertiary/aromatic N) is 1. The summed E-state index contributed by atoms with van der Waals surface area (Å²) < 4.78 is 28.5. The number of hydrogen-bond donors (Lipinski definition) is 0. The van der Waals surface area contributed by atoms with E-state index in [1.165, 1.54) is 49.6 Å². The average Bonchev–Trinajstić information content (AvgIpc) is 2.67. The Morgan fingerprint density at radius 1 is 1.19 bits per heavy atom. The molecule has 0 radical (unpaired) electrons. The van der Waals surface area contributed by atoms with Crippen molar-refractivity contribution in [2.45, 2.75) is 6.92 Å². The third-order valence-corrected chi connectivity index (χ3v) is 3.38. The number of esters is 2. The topological polar surface area (TPSA) is 85.6 Å². The summed E-state index contributed by atoms with van der Waals surface area (Å²) in [4.78, 5) is 23.8. The van der Waals surface area contributed by atoms with Gasteiger partial charge in [-0.2, -0.15) is 5.26 Å². The van der Waals surface area contributed by atoms with Gasteiger partial charge in [0.2, 0.25) is 0 Å². The molecule has 0 amide bonds. The first kappa shape index (κ1) is 19.7. The van der Waals surface area contributed by atoms with E-state index >= 15 is 0 Å². The zero-order chi connectivity index (χ0) is 19.8. The molecule has 2 aromatic carbocycles. The summed E-state index contributed by atoms with van der Waals surface area (Å²) in [6.45, 7) is 1.79. The van der Waals surface area contributed by atoms with Crippen LogP contribution in [0.25, 0.3) is 6.08 Å². The highest BCUT2D eigenvalue weighted by Crippen LogP contribution is 2.29. The highest BCUT2D eigenvalue weighted by molar-refractivity contribution is 5.98. The molecule has 0 saturated heterocycles. The number of carbonyl (C=O) groups excluding carboxylic acids is 2. The monoisotopic (exact) mass is 369 g/mol. The molecule has 6 nitrogen and oxygen atoms in total. The Morgan fingerprint density at radius 2 is 1.96 bits per heavy atom. The summed E-state index contributed by atoms with van der Waals surface area (Å²) >= 11 is 0. The standard InChI is InChI=1S/C20H16FNO5/c1-3-26-19(23)15(12-22)9-13-7-8-17(18(10-13)25-2)27-20(24)14-5-4-6-16(21)11-14/h4-11H,3H2,1-2H3/b15-9+. The zero-order valence-electron chi connectivity index (χ0n) is 14.7. The number of ether oxygens (including phenoxy) is 3. The zero-order valence-corrected chi connectivity index (χ0v) is 14.7. The van der Waals surface area contributed by atoms with E-state index in [-0.39, 0.29) is 29.2 Å². The molecule has 0 saturated carbocycles. The van der Waals surface area contributed by atoms with Crippen LogP contribution in [-0.2, 0) is 9.53 Å². The predicted octanol–water partition coefficient (Wildman–Crippen LogP) is 3.52. The second-order valence-electron chi connectivity index (χ2n) is 5.20. The Labute approximate surface area is 155 Å². The Morgan fingerprint density at radius 3 is 2.59 bits per heavy atom. The fourth-order valence-electron chi connectivity index (χ4n) is 2.14. The van der Waals surface area contributed by atoms with Crippen molar-refractivity contribution in [1.29, 1.82) is 5.26 Å². The van der Waals surface area contributed by atoms with E-state index in [0.29, 0.717) is 5.56 Å². The molecule has 0 heterocycles. The van der Waals surface area contributed by atoms with E-state index in [4.69, 9.17) is 19.5 Å². The first-order valence-corrected chi connectivity index (χ1v) is 7.93. The summed E-state index contributed by atoms with van der Waals surface area (Å²) in [5.41, 5.74) is 0.348. The predicted molar refractivity (Wildman–Crippen MR) is 94.6 cm³/mol. The van der Waals surface area contributed by atoms with Crippen molar-refractivity contribution in [3.8, 4) is 17.6 Å². The SMILES string of the molecule is CCOC(=O)/C(C#N)=C/c1ccc(OC(=O)c2cccc(F)c2)c(OC)c1. The van der Waals surface area contributed by atoms with Crippen molar-refractivity contribution in [1.82, 2.24) is 0 Å². The molecule has 138 valence electrons. The lowest BCUT2D eigenvalue weighted by atomic mass is 10.1. The van der Waals surface area contributed by atoms with E-state index in [1.54, 1.807) is 13.0 Å². The van der Waals surface area contributed by atoms with Gasteiger partial charge in [-0.3, -0.25) is 0 Å². The van der Waals surface area contributed by atoms with Crippen molar-refractivity contribution in [3.05, 3.63) is 65.0 Å². The second kappa shape index (κ2) is 9.15. The van der Waals surface area contributed by atoms with Crippen LogP contribution in [0.1, 0.15) is 22.8 Å². The number of halogens is 1. The van der Waals surface area contributed by atoms with Gasteiger partial charge in [-0.1, -0.05) is 12.1 Å². The van der Waals surface area contributed by atoms with E-state index in [1.807, 2.05) is 0 Å².